The van der Waals surface area contributed by atoms with Crippen molar-refractivity contribution in [2.24, 2.45) is 5.92 Å². The Hall–Kier alpha value is -2.89. The van der Waals surface area contributed by atoms with Gasteiger partial charge in [0.05, 0.1) is 12.0 Å². The van der Waals surface area contributed by atoms with Crippen LogP contribution in [0.4, 0.5) is 5.69 Å². The van der Waals surface area contributed by atoms with Crippen LogP contribution < -0.4 is 5.32 Å². The SMILES string of the molecule is Cc1nccn1-c1ncccc1NC(=O)C1CC1c1ccco1. The molecule has 1 aliphatic rings. The fourth-order valence-electron chi connectivity index (χ4n) is 2.82. The third-order valence-corrected chi connectivity index (χ3v) is 4.13. The number of carbonyl (C=O) groups excluding carboxylic acids is 1. The number of furan rings is 1. The average Bonchev–Trinajstić information content (AvgIpc) is 2.96. The number of aryl methyl sites for hydroxylation is 1. The first-order valence-electron chi connectivity index (χ1n) is 7.53. The highest BCUT2D eigenvalue weighted by Gasteiger charge is 2.46. The summed E-state index contributed by atoms with van der Waals surface area (Å²) in [4.78, 5) is 21.1. The van der Waals surface area contributed by atoms with E-state index in [1.807, 2.05) is 42.0 Å². The second kappa shape index (κ2) is 5.39. The molecule has 4 rings (SSSR count). The maximum absolute atomic E-state index is 12.5. The molecule has 0 aliphatic heterocycles. The van der Waals surface area contributed by atoms with Gasteiger partial charge >= 0.3 is 0 Å². The number of carbonyl (C=O) groups is 1. The van der Waals surface area contributed by atoms with E-state index in [0.29, 0.717) is 11.5 Å². The number of amides is 1. The highest BCUT2D eigenvalue weighted by Crippen LogP contribution is 2.48. The van der Waals surface area contributed by atoms with E-state index < -0.39 is 0 Å². The zero-order valence-electron chi connectivity index (χ0n) is 12.6. The molecule has 2 atom stereocenters. The van der Waals surface area contributed by atoms with E-state index in [1.165, 1.54) is 0 Å². The highest BCUT2D eigenvalue weighted by molar-refractivity contribution is 5.96. The van der Waals surface area contributed by atoms with Crippen molar-refractivity contribution >= 4 is 11.6 Å². The summed E-state index contributed by atoms with van der Waals surface area (Å²) in [6.07, 6.45) is 7.70. The lowest BCUT2D eigenvalue weighted by atomic mass is 10.2. The molecular weight excluding hydrogens is 292 g/mol. The molecule has 116 valence electrons. The summed E-state index contributed by atoms with van der Waals surface area (Å²) in [5, 5.41) is 2.99. The number of nitrogens with zero attached hydrogens (tertiary/aromatic N) is 3. The average molecular weight is 308 g/mol. The Labute approximate surface area is 133 Å². The molecule has 0 spiro atoms. The number of hydrogen-bond acceptors (Lipinski definition) is 4. The van der Waals surface area contributed by atoms with Crippen LogP contribution in [0.15, 0.2) is 53.5 Å². The predicted octanol–water partition coefficient (Wildman–Crippen LogP) is 2.91. The maximum atomic E-state index is 12.5. The van der Waals surface area contributed by atoms with Crippen LogP contribution in [-0.2, 0) is 4.79 Å². The van der Waals surface area contributed by atoms with E-state index in [9.17, 15) is 4.79 Å². The van der Waals surface area contributed by atoms with Gasteiger partial charge in [-0.05, 0) is 37.6 Å². The monoisotopic (exact) mass is 308 g/mol. The van der Waals surface area contributed by atoms with Crippen molar-refractivity contribution in [2.45, 2.75) is 19.3 Å². The van der Waals surface area contributed by atoms with Gasteiger partial charge in [0.1, 0.15) is 11.6 Å². The van der Waals surface area contributed by atoms with Gasteiger partial charge in [-0.25, -0.2) is 9.97 Å². The van der Waals surface area contributed by atoms with Crippen molar-refractivity contribution in [2.75, 3.05) is 5.32 Å². The van der Waals surface area contributed by atoms with Crippen molar-refractivity contribution in [3.8, 4) is 5.82 Å². The number of pyridine rings is 1. The number of hydrogen-bond donors (Lipinski definition) is 1. The van der Waals surface area contributed by atoms with Gasteiger partial charge in [-0.1, -0.05) is 0 Å². The van der Waals surface area contributed by atoms with Gasteiger partial charge in [0, 0.05) is 30.4 Å². The highest BCUT2D eigenvalue weighted by atomic mass is 16.3. The first-order chi connectivity index (χ1) is 11.2. The van der Waals surface area contributed by atoms with E-state index in [4.69, 9.17) is 4.42 Å². The van der Waals surface area contributed by atoms with E-state index in [0.717, 1.165) is 18.0 Å². The summed E-state index contributed by atoms with van der Waals surface area (Å²) in [5.74, 6) is 2.50. The standard InChI is InChI=1S/C17H16N4O2/c1-11-18-7-8-21(11)16-14(4-2-6-19-16)20-17(22)13-10-12(13)15-5-3-9-23-15/h2-9,12-13H,10H2,1H3,(H,20,22). The van der Waals surface area contributed by atoms with Crippen molar-refractivity contribution in [1.82, 2.24) is 14.5 Å². The maximum Gasteiger partial charge on any atom is 0.228 e. The molecule has 1 N–H and O–H groups in total. The van der Waals surface area contributed by atoms with Crippen molar-refractivity contribution in [3.63, 3.8) is 0 Å². The largest absolute Gasteiger partial charge is 0.469 e. The van der Waals surface area contributed by atoms with Crippen LogP contribution in [0.1, 0.15) is 23.9 Å². The minimum Gasteiger partial charge on any atom is -0.469 e. The van der Waals surface area contributed by atoms with E-state index in [2.05, 4.69) is 15.3 Å². The van der Waals surface area contributed by atoms with Gasteiger partial charge < -0.3 is 9.73 Å². The smallest absolute Gasteiger partial charge is 0.228 e. The second-order valence-electron chi connectivity index (χ2n) is 5.67. The summed E-state index contributed by atoms with van der Waals surface area (Å²) in [5.41, 5.74) is 0.684. The van der Waals surface area contributed by atoms with E-state index in [-0.39, 0.29) is 17.7 Å². The summed E-state index contributed by atoms with van der Waals surface area (Å²) < 4.78 is 7.24. The molecule has 6 heteroatoms. The molecule has 0 aromatic carbocycles. The van der Waals surface area contributed by atoms with Gasteiger partial charge in [-0.3, -0.25) is 9.36 Å². The molecule has 3 heterocycles. The molecule has 1 fully saturated rings. The van der Waals surface area contributed by atoms with Gasteiger partial charge in [0.15, 0.2) is 5.82 Å². The molecule has 3 aromatic rings. The topological polar surface area (TPSA) is 73.0 Å². The Morgan fingerprint density at radius 2 is 2.22 bits per heavy atom. The molecule has 0 radical (unpaired) electrons. The number of aromatic nitrogens is 3. The third kappa shape index (κ3) is 2.52. The van der Waals surface area contributed by atoms with Crippen molar-refractivity contribution in [3.05, 3.63) is 60.7 Å². The summed E-state index contributed by atoms with van der Waals surface area (Å²) in [6.45, 7) is 1.90. The first kappa shape index (κ1) is 13.8. The molecule has 0 bridgehead atoms. The Morgan fingerprint density at radius 3 is 2.96 bits per heavy atom. The van der Waals surface area contributed by atoms with Gasteiger partial charge in [0.2, 0.25) is 5.91 Å². The fraction of sp³-hybridized carbons (Fsp3) is 0.235. The summed E-state index contributed by atoms with van der Waals surface area (Å²) >= 11 is 0. The van der Waals surface area contributed by atoms with Gasteiger partial charge in [-0.15, -0.1) is 0 Å². The number of anilines is 1. The molecule has 1 saturated carbocycles. The lowest BCUT2D eigenvalue weighted by molar-refractivity contribution is -0.117. The molecule has 23 heavy (non-hydrogen) atoms. The molecule has 6 nitrogen and oxygen atoms in total. The van der Waals surface area contributed by atoms with Crippen LogP contribution in [0.5, 0.6) is 0 Å². The van der Waals surface area contributed by atoms with Crippen LogP contribution in [0.25, 0.3) is 5.82 Å². The number of rotatable bonds is 4. The molecule has 1 amide bonds. The van der Waals surface area contributed by atoms with Crippen LogP contribution in [0, 0.1) is 12.8 Å². The molecular formula is C17H16N4O2. The molecule has 3 aromatic heterocycles. The molecule has 0 saturated heterocycles. The number of nitrogens with one attached hydrogen (secondary N) is 1. The lowest BCUT2D eigenvalue weighted by Crippen LogP contribution is -2.17. The third-order valence-electron chi connectivity index (χ3n) is 4.13. The summed E-state index contributed by atoms with van der Waals surface area (Å²) in [6, 6.07) is 7.43. The minimum atomic E-state index is -0.0434. The van der Waals surface area contributed by atoms with Crippen molar-refractivity contribution in [1.29, 1.82) is 0 Å². The predicted molar refractivity (Wildman–Crippen MR) is 84.3 cm³/mol. The van der Waals surface area contributed by atoms with Crippen LogP contribution in [0.2, 0.25) is 0 Å². The summed E-state index contributed by atoms with van der Waals surface area (Å²) in [7, 11) is 0. The van der Waals surface area contributed by atoms with Crippen LogP contribution in [0.3, 0.4) is 0 Å². The Bertz CT molecular complexity index is 838. The van der Waals surface area contributed by atoms with Crippen LogP contribution in [-0.4, -0.2) is 20.4 Å². The zero-order chi connectivity index (χ0) is 15.8. The second-order valence-corrected chi connectivity index (χ2v) is 5.67. The lowest BCUT2D eigenvalue weighted by Gasteiger charge is -2.11. The number of imidazole rings is 1. The minimum absolute atomic E-state index is 0.00146. The van der Waals surface area contributed by atoms with Gasteiger partial charge in [0.25, 0.3) is 0 Å². The Morgan fingerprint density at radius 1 is 1.30 bits per heavy atom. The zero-order valence-corrected chi connectivity index (χ0v) is 12.6. The van der Waals surface area contributed by atoms with E-state index in [1.54, 1.807) is 18.7 Å². The Balaban J connectivity index is 1.54. The normalized spacial score (nSPS) is 19.5. The van der Waals surface area contributed by atoms with Crippen LogP contribution >= 0.6 is 0 Å². The fourth-order valence-corrected chi connectivity index (χ4v) is 2.82. The van der Waals surface area contributed by atoms with Crippen molar-refractivity contribution < 1.29 is 9.21 Å². The first-order valence-corrected chi connectivity index (χ1v) is 7.53. The molecule has 2 unspecified atom stereocenters. The quantitative estimate of drug-likeness (QED) is 0.804. The Kier molecular flexibility index (Phi) is 3.22. The van der Waals surface area contributed by atoms with E-state index >= 15 is 0 Å². The molecule has 1 aliphatic carbocycles. The van der Waals surface area contributed by atoms with Gasteiger partial charge in [-0.2, -0.15) is 0 Å².